The maximum Gasteiger partial charge on any atom is 0.175 e. The van der Waals surface area contributed by atoms with Crippen molar-refractivity contribution in [1.29, 1.82) is 0 Å². The molecule has 0 saturated carbocycles. The van der Waals surface area contributed by atoms with Crippen molar-refractivity contribution in [3.8, 4) is 11.1 Å². The number of carbonyl (C=O) groups excluding carboxylic acids is 1. The highest BCUT2D eigenvalue weighted by molar-refractivity contribution is 7.90. The number of sulfone groups is 1. The van der Waals surface area contributed by atoms with Gasteiger partial charge in [0.05, 0.1) is 15.9 Å². The van der Waals surface area contributed by atoms with Crippen molar-refractivity contribution in [2.24, 2.45) is 0 Å². The highest BCUT2D eigenvalue weighted by Gasteiger charge is 2.10. The number of hydrogen-bond acceptors (Lipinski definition) is 4. The third kappa shape index (κ3) is 4.09. The van der Waals surface area contributed by atoms with Crippen LogP contribution in [-0.2, 0) is 9.84 Å². The van der Waals surface area contributed by atoms with E-state index in [0.29, 0.717) is 16.3 Å². The second-order valence-electron chi connectivity index (χ2n) is 7.13. The van der Waals surface area contributed by atoms with E-state index in [1.807, 2.05) is 54.6 Å². The molecular weight excluding hydrogens is 396 g/mol. The monoisotopic (exact) mass is 416 g/mol. The lowest BCUT2D eigenvalue weighted by Gasteiger charge is -2.06. The van der Waals surface area contributed by atoms with Gasteiger partial charge in [-0.1, -0.05) is 48.5 Å². The fourth-order valence-electron chi connectivity index (χ4n) is 3.32. The average molecular weight is 417 g/mol. The van der Waals surface area contributed by atoms with Gasteiger partial charge in [0.1, 0.15) is 5.82 Å². The quantitative estimate of drug-likeness (QED) is 0.464. The molecule has 0 fully saturated rings. The summed E-state index contributed by atoms with van der Waals surface area (Å²) in [6, 6.07) is 20.1. The molecule has 0 unspecified atom stereocenters. The molecular formula is C24H20N2O3S. The van der Waals surface area contributed by atoms with Crippen LogP contribution in [0.1, 0.15) is 28.7 Å². The van der Waals surface area contributed by atoms with Crippen LogP contribution in [0.15, 0.2) is 71.6 Å². The first kappa shape index (κ1) is 19.8. The fourth-order valence-corrected chi connectivity index (χ4v) is 3.95. The van der Waals surface area contributed by atoms with Crippen LogP contribution in [0.5, 0.6) is 0 Å². The SMILES string of the molecule is CC(=O)c1ccccc1-c1ccc2nc(C=Cc3ccc(S(C)(=O)=O)cc3)[nH]c2c1. The van der Waals surface area contributed by atoms with E-state index in [1.54, 1.807) is 31.2 Å². The molecule has 3 aromatic carbocycles. The van der Waals surface area contributed by atoms with Crippen LogP contribution in [0.3, 0.4) is 0 Å². The van der Waals surface area contributed by atoms with Gasteiger partial charge in [0, 0.05) is 11.8 Å². The molecule has 6 heteroatoms. The van der Waals surface area contributed by atoms with Gasteiger partial charge in [-0.15, -0.1) is 0 Å². The number of H-pyrrole nitrogens is 1. The van der Waals surface area contributed by atoms with Crippen molar-refractivity contribution in [1.82, 2.24) is 9.97 Å². The first-order valence-electron chi connectivity index (χ1n) is 9.39. The highest BCUT2D eigenvalue weighted by Crippen LogP contribution is 2.27. The molecule has 4 aromatic rings. The zero-order chi connectivity index (χ0) is 21.3. The number of nitrogens with zero attached hydrogens (tertiary/aromatic N) is 1. The molecule has 0 saturated heterocycles. The van der Waals surface area contributed by atoms with Gasteiger partial charge in [0.2, 0.25) is 0 Å². The molecule has 0 aliphatic rings. The van der Waals surface area contributed by atoms with Crippen molar-refractivity contribution < 1.29 is 13.2 Å². The summed E-state index contributed by atoms with van der Waals surface area (Å²) in [4.78, 5) is 20.1. The van der Waals surface area contributed by atoms with Crippen molar-refractivity contribution in [2.45, 2.75) is 11.8 Å². The summed E-state index contributed by atoms with van der Waals surface area (Å²) in [7, 11) is -3.20. The van der Waals surface area contributed by atoms with E-state index in [4.69, 9.17) is 0 Å². The van der Waals surface area contributed by atoms with E-state index < -0.39 is 9.84 Å². The molecule has 0 aliphatic carbocycles. The molecule has 0 amide bonds. The average Bonchev–Trinajstić information content (AvgIpc) is 3.14. The Labute approximate surface area is 175 Å². The lowest BCUT2D eigenvalue weighted by atomic mass is 9.97. The van der Waals surface area contributed by atoms with Crippen molar-refractivity contribution in [3.63, 3.8) is 0 Å². The van der Waals surface area contributed by atoms with Gasteiger partial charge in [0.15, 0.2) is 15.6 Å². The summed E-state index contributed by atoms with van der Waals surface area (Å²) in [5, 5.41) is 0. The number of fused-ring (bicyclic) bond motifs is 1. The first-order chi connectivity index (χ1) is 14.3. The molecule has 0 aliphatic heterocycles. The van der Waals surface area contributed by atoms with Crippen LogP contribution < -0.4 is 0 Å². The Hall–Kier alpha value is -3.51. The number of carbonyl (C=O) groups is 1. The third-order valence-corrected chi connectivity index (χ3v) is 5.99. The molecule has 0 atom stereocenters. The summed E-state index contributed by atoms with van der Waals surface area (Å²) in [6.07, 6.45) is 4.91. The van der Waals surface area contributed by atoms with Crippen LogP contribution in [0.25, 0.3) is 34.3 Å². The van der Waals surface area contributed by atoms with Gasteiger partial charge in [-0.05, 0) is 54.0 Å². The molecule has 0 spiro atoms. The number of benzene rings is 3. The molecule has 1 aromatic heterocycles. The molecule has 1 N–H and O–H groups in total. The first-order valence-corrected chi connectivity index (χ1v) is 11.3. The van der Waals surface area contributed by atoms with Crippen molar-refractivity contribution in [3.05, 3.63) is 83.7 Å². The van der Waals surface area contributed by atoms with Crippen LogP contribution in [-0.4, -0.2) is 30.4 Å². The number of imidazole rings is 1. The Morgan fingerprint density at radius 1 is 0.967 bits per heavy atom. The molecule has 30 heavy (non-hydrogen) atoms. The number of nitrogens with one attached hydrogen (secondary N) is 1. The standard InChI is InChI=1S/C24H20N2O3S/c1-16(27)20-5-3-4-6-21(20)18-10-13-22-23(15-18)26-24(25-22)14-9-17-7-11-19(12-8-17)30(2,28)29/h3-15H,1-2H3,(H,25,26). The zero-order valence-electron chi connectivity index (χ0n) is 16.6. The Bertz CT molecular complexity index is 1380. The van der Waals surface area contributed by atoms with Gasteiger partial charge in [0.25, 0.3) is 0 Å². The van der Waals surface area contributed by atoms with E-state index in [2.05, 4.69) is 9.97 Å². The van der Waals surface area contributed by atoms with E-state index in [-0.39, 0.29) is 5.78 Å². The van der Waals surface area contributed by atoms with Crippen LogP contribution in [0.2, 0.25) is 0 Å². The van der Waals surface area contributed by atoms with Gasteiger partial charge >= 0.3 is 0 Å². The van der Waals surface area contributed by atoms with Gasteiger partial charge < -0.3 is 4.98 Å². The predicted octanol–water partition coefficient (Wildman–Crippen LogP) is 5.01. The minimum Gasteiger partial charge on any atom is -0.338 e. The van der Waals surface area contributed by atoms with Gasteiger partial charge in [-0.2, -0.15) is 0 Å². The minimum atomic E-state index is -3.20. The number of Topliss-reactive ketones (excluding diaryl/α,β-unsaturated/α-hetero) is 1. The Kier molecular flexibility index (Phi) is 5.10. The topological polar surface area (TPSA) is 79.9 Å². The van der Waals surface area contributed by atoms with Crippen molar-refractivity contribution >= 4 is 38.8 Å². The summed E-state index contributed by atoms with van der Waals surface area (Å²) in [5.41, 5.74) is 5.10. The number of hydrogen-bond donors (Lipinski definition) is 1. The third-order valence-electron chi connectivity index (χ3n) is 4.86. The van der Waals surface area contributed by atoms with Gasteiger partial charge in [-0.3, -0.25) is 4.79 Å². The molecule has 4 rings (SSSR count). The Balaban J connectivity index is 1.63. The summed E-state index contributed by atoms with van der Waals surface area (Å²) in [5.74, 6) is 0.718. The number of aromatic nitrogens is 2. The smallest absolute Gasteiger partial charge is 0.175 e. The van der Waals surface area contributed by atoms with E-state index in [0.717, 1.165) is 27.7 Å². The molecule has 150 valence electrons. The maximum atomic E-state index is 11.9. The zero-order valence-corrected chi connectivity index (χ0v) is 17.4. The van der Waals surface area contributed by atoms with Crippen LogP contribution >= 0.6 is 0 Å². The number of aromatic amines is 1. The van der Waals surface area contributed by atoms with E-state index >= 15 is 0 Å². The minimum absolute atomic E-state index is 0.0285. The van der Waals surface area contributed by atoms with Crippen LogP contribution in [0.4, 0.5) is 0 Å². The molecule has 5 nitrogen and oxygen atoms in total. The van der Waals surface area contributed by atoms with E-state index in [1.165, 1.54) is 6.26 Å². The fraction of sp³-hybridized carbons (Fsp3) is 0.0833. The lowest BCUT2D eigenvalue weighted by molar-refractivity contribution is 0.101. The second kappa shape index (κ2) is 7.72. The second-order valence-corrected chi connectivity index (χ2v) is 9.15. The van der Waals surface area contributed by atoms with Crippen LogP contribution in [0, 0.1) is 0 Å². The lowest BCUT2D eigenvalue weighted by Crippen LogP contribution is -1.95. The molecule has 1 heterocycles. The number of rotatable bonds is 5. The van der Waals surface area contributed by atoms with E-state index in [9.17, 15) is 13.2 Å². The number of ketones is 1. The Morgan fingerprint density at radius 2 is 1.70 bits per heavy atom. The maximum absolute atomic E-state index is 11.9. The normalized spacial score (nSPS) is 11.9. The highest BCUT2D eigenvalue weighted by atomic mass is 32.2. The molecule has 0 bridgehead atoms. The summed E-state index contributed by atoms with van der Waals surface area (Å²) < 4.78 is 23.1. The predicted molar refractivity (Wildman–Crippen MR) is 120 cm³/mol. The largest absolute Gasteiger partial charge is 0.338 e. The molecule has 0 radical (unpaired) electrons. The summed E-state index contributed by atoms with van der Waals surface area (Å²) >= 11 is 0. The van der Waals surface area contributed by atoms with Crippen molar-refractivity contribution in [2.75, 3.05) is 6.26 Å². The summed E-state index contributed by atoms with van der Waals surface area (Å²) in [6.45, 7) is 1.57. The van der Waals surface area contributed by atoms with Gasteiger partial charge in [-0.25, -0.2) is 13.4 Å². The Morgan fingerprint density at radius 3 is 2.40 bits per heavy atom.